The maximum absolute atomic E-state index is 12.1. The number of anilines is 1. The summed E-state index contributed by atoms with van der Waals surface area (Å²) >= 11 is 4.92. The molecule has 1 heterocycles. The lowest BCUT2D eigenvalue weighted by atomic mass is 10.2. The quantitative estimate of drug-likeness (QED) is 0.786. The van der Waals surface area contributed by atoms with E-state index < -0.39 is 0 Å². The van der Waals surface area contributed by atoms with Crippen LogP contribution in [-0.2, 0) is 9.59 Å². The van der Waals surface area contributed by atoms with Crippen LogP contribution in [0.3, 0.4) is 0 Å². The number of thiocarbonyl (C=S) groups is 1. The summed E-state index contributed by atoms with van der Waals surface area (Å²) in [6.45, 7) is 4.62. The summed E-state index contributed by atoms with van der Waals surface area (Å²) < 4.78 is 0. The first-order valence-corrected chi connectivity index (χ1v) is 7.54. The number of amides is 2. The van der Waals surface area contributed by atoms with Gasteiger partial charge in [-0.15, -0.1) is 0 Å². The third-order valence-electron chi connectivity index (χ3n) is 3.62. The molecule has 6 nitrogen and oxygen atoms in total. The Morgan fingerprint density at radius 2 is 1.95 bits per heavy atom. The highest BCUT2D eigenvalue weighted by atomic mass is 32.1. The lowest BCUT2D eigenvalue weighted by molar-refractivity contribution is -0.130. The minimum absolute atomic E-state index is 0.0821. The van der Waals surface area contributed by atoms with Crippen molar-refractivity contribution in [1.29, 1.82) is 0 Å². The summed E-state index contributed by atoms with van der Waals surface area (Å²) in [4.78, 5) is 27.5. The van der Waals surface area contributed by atoms with Crippen LogP contribution in [0, 0.1) is 0 Å². The Kier molecular flexibility index (Phi) is 5.46. The summed E-state index contributed by atoms with van der Waals surface area (Å²) in [6, 6.07) is 7.16. The maximum atomic E-state index is 12.1. The molecule has 3 N–H and O–H groups in total. The SMILES string of the molecule is CC(=O)N1CCN(CC(=O)Nc2cccc(C(N)=S)c2)CC1. The number of hydrogen-bond acceptors (Lipinski definition) is 4. The molecule has 1 aliphatic rings. The zero-order chi connectivity index (χ0) is 16.1. The second-order valence-electron chi connectivity index (χ2n) is 5.28. The average molecular weight is 320 g/mol. The molecule has 0 radical (unpaired) electrons. The van der Waals surface area contributed by atoms with Crippen LogP contribution in [0.25, 0.3) is 0 Å². The molecular weight excluding hydrogens is 300 g/mol. The van der Waals surface area contributed by atoms with Gasteiger partial charge in [0.2, 0.25) is 11.8 Å². The summed E-state index contributed by atoms with van der Waals surface area (Å²) in [5.41, 5.74) is 6.98. The highest BCUT2D eigenvalue weighted by Crippen LogP contribution is 2.11. The van der Waals surface area contributed by atoms with Gasteiger partial charge in [0.25, 0.3) is 0 Å². The van der Waals surface area contributed by atoms with E-state index in [0.717, 1.165) is 5.56 Å². The van der Waals surface area contributed by atoms with E-state index in [2.05, 4.69) is 5.32 Å². The summed E-state index contributed by atoms with van der Waals surface area (Å²) in [7, 11) is 0. The fourth-order valence-electron chi connectivity index (χ4n) is 2.37. The Morgan fingerprint density at radius 1 is 1.27 bits per heavy atom. The molecule has 1 aromatic rings. The maximum Gasteiger partial charge on any atom is 0.238 e. The first kappa shape index (κ1) is 16.4. The van der Waals surface area contributed by atoms with E-state index in [-0.39, 0.29) is 11.8 Å². The number of rotatable bonds is 4. The van der Waals surface area contributed by atoms with Crippen LogP contribution in [0.5, 0.6) is 0 Å². The van der Waals surface area contributed by atoms with E-state index in [9.17, 15) is 9.59 Å². The lowest BCUT2D eigenvalue weighted by Gasteiger charge is -2.33. The van der Waals surface area contributed by atoms with Crippen molar-refractivity contribution in [2.24, 2.45) is 5.73 Å². The molecule has 22 heavy (non-hydrogen) atoms. The fourth-order valence-corrected chi connectivity index (χ4v) is 2.50. The molecular formula is C15H20N4O2S. The normalized spacial score (nSPS) is 15.4. The van der Waals surface area contributed by atoms with Crippen molar-refractivity contribution in [2.45, 2.75) is 6.92 Å². The standard InChI is InChI=1S/C15H20N4O2S/c1-11(20)19-7-5-18(6-8-19)10-14(21)17-13-4-2-3-12(9-13)15(16)22/h2-4,9H,5-8,10H2,1H3,(H2,16,22)(H,17,21). The summed E-state index contributed by atoms with van der Waals surface area (Å²) in [5.74, 6) is -0.00460. The zero-order valence-corrected chi connectivity index (χ0v) is 13.4. The van der Waals surface area contributed by atoms with Crippen molar-refractivity contribution in [3.63, 3.8) is 0 Å². The van der Waals surface area contributed by atoms with Crippen LogP contribution in [0.1, 0.15) is 12.5 Å². The van der Waals surface area contributed by atoms with E-state index in [1.807, 2.05) is 4.90 Å². The number of carbonyl (C=O) groups is 2. The summed E-state index contributed by atoms with van der Waals surface area (Å²) in [6.07, 6.45) is 0. The second-order valence-corrected chi connectivity index (χ2v) is 5.72. The molecule has 0 aromatic heterocycles. The number of hydrogen-bond donors (Lipinski definition) is 2. The molecule has 1 saturated heterocycles. The highest BCUT2D eigenvalue weighted by Gasteiger charge is 2.20. The van der Waals surface area contributed by atoms with Gasteiger partial charge in [0.15, 0.2) is 0 Å². The zero-order valence-electron chi connectivity index (χ0n) is 12.5. The Hall–Kier alpha value is -1.99. The topological polar surface area (TPSA) is 78.7 Å². The van der Waals surface area contributed by atoms with Crippen molar-refractivity contribution in [3.8, 4) is 0 Å². The predicted octanol–water partition coefficient (Wildman–Crippen LogP) is 0.423. The van der Waals surface area contributed by atoms with Crippen LogP contribution >= 0.6 is 12.2 Å². The highest BCUT2D eigenvalue weighted by molar-refractivity contribution is 7.80. The van der Waals surface area contributed by atoms with Crippen molar-refractivity contribution >= 4 is 34.7 Å². The molecule has 2 rings (SSSR count). The van der Waals surface area contributed by atoms with E-state index in [1.165, 1.54) is 0 Å². The first-order chi connectivity index (χ1) is 10.5. The van der Waals surface area contributed by atoms with Crippen LogP contribution in [0.2, 0.25) is 0 Å². The predicted molar refractivity (Wildman–Crippen MR) is 89.7 cm³/mol. The van der Waals surface area contributed by atoms with Gasteiger partial charge >= 0.3 is 0 Å². The third kappa shape index (κ3) is 4.51. The molecule has 0 unspecified atom stereocenters. The van der Waals surface area contributed by atoms with E-state index in [0.29, 0.717) is 43.4 Å². The molecule has 1 fully saturated rings. The van der Waals surface area contributed by atoms with Crippen molar-refractivity contribution in [1.82, 2.24) is 9.80 Å². The number of nitrogens with one attached hydrogen (secondary N) is 1. The van der Waals surface area contributed by atoms with Crippen molar-refractivity contribution in [3.05, 3.63) is 29.8 Å². The third-order valence-corrected chi connectivity index (χ3v) is 3.85. The average Bonchev–Trinajstić information content (AvgIpc) is 2.47. The van der Waals surface area contributed by atoms with Gasteiger partial charge in [-0.2, -0.15) is 0 Å². The molecule has 0 saturated carbocycles. The minimum atomic E-state index is -0.0867. The molecule has 1 aliphatic heterocycles. The van der Waals surface area contributed by atoms with Gasteiger partial charge < -0.3 is 16.0 Å². The van der Waals surface area contributed by atoms with Crippen LogP contribution < -0.4 is 11.1 Å². The Bertz CT molecular complexity index is 583. The van der Waals surface area contributed by atoms with E-state index in [4.69, 9.17) is 18.0 Å². The van der Waals surface area contributed by atoms with Gasteiger partial charge in [-0.25, -0.2) is 0 Å². The summed E-state index contributed by atoms with van der Waals surface area (Å²) in [5, 5.41) is 2.84. The van der Waals surface area contributed by atoms with Gasteiger partial charge in [0, 0.05) is 44.4 Å². The minimum Gasteiger partial charge on any atom is -0.389 e. The number of nitrogens with two attached hydrogens (primary N) is 1. The molecule has 2 amide bonds. The van der Waals surface area contributed by atoms with E-state index >= 15 is 0 Å². The van der Waals surface area contributed by atoms with Gasteiger partial charge in [0.1, 0.15) is 4.99 Å². The molecule has 0 bridgehead atoms. The number of nitrogens with zero attached hydrogens (tertiary/aromatic N) is 2. The second kappa shape index (κ2) is 7.33. The molecule has 1 aromatic carbocycles. The molecule has 7 heteroatoms. The first-order valence-electron chi connectivity index (χ1n) is 7.13. The van der Waals surface area contributed by atoms with Gasteiger partial charge in [0.05, 0.1) is 6.54 Å². The Labute approximate surface area is 135 Å². The largest absolute Gasteiger partial charge is 0.389 e. The Morgan fingerprint density at radius 3 is 2.55 bits per heavy atom. The number of piperazine rings is 1. The molecule has 0 spiro atoms. The lowest BCUT2D eigenvalue weighted by Crippen LogP contribution is -2.49. The molecule has 118 valence electrons. The number of benzene rings is 1. The van der Waals surface area contributed by atoms with Gasteiger partial charge in [-0.3, -0.25) is 14.5 Å². The van der Waals surface area contributed by atoms with Gasteiger partial charge in [-0.05, 0) is 12.1 Å². The van der Waals surface area contributed by atoms with Crippen LogP contribution in [0.4, 0.5) is 5.69 Å². The van der Waals surface area contributed by atoms with E-state index in [1.54, 1.807) is 36.1 Å². The molecule has 0 aliphatic carbocycles. The fraction of sp³-hybridized carbons (Fsp3) is 0.400. The van der Waals surface area contributed by atoms with Crippen LogP contribution in [0.15, 0.2) is 24.3 Å². The monoisotopic (exact) mass is 320 g/mol. The number of carbonyl (C=O) groups excluding carboxylic acids is 2. The van der Waals surface area contributed by atoms with Crippen molar-refractivity contribution in [2.75, 3.05) is 38.0 Å². The smallest absolute Gasteiger partial charge is 0.238 e. The van der Waals surface area contributed by atoms with Crippen molar-refractivity contribution < 1.29 is 9.59 Å². The Balaban J connectivity index is 1.85. The van der Waals surface area contributed by atoms with Crippen LogP contribution in [-0.4, -0.2) is 59.3 Å². The van der Waals surface area contributed by atoms with Gasteiger partial charge in [-0.1, -0.05) is 24.4 Å². The molecule has 0 atom stereocenters.